The smallest absolute Gasteiger partial charge is 0.194 e. The predicted octanol–water partition coefficient (Wildman–Crippen LogP) is 3.32. The number of benzene rings is 1. The lowest BCUT2D eigenvalue weighted by molar-refractivity contribution is 0.103. The second-order valence-corrected chi connectivity index (χ2v) is 4.30. The van der Waals surface area contributed by atoms with E-state index in [1.807, 2.05) is 37.4 Å². The lowest BCUT2D eigenvalue weighted by Crippen LogP contribution is -2.00. The highest BCUT2D eigenvalue weighted by molar-refractivity contribution is 9.10. The van der Waals surface area contributed by atoms with E-state index in [1.165, 1.54) is 0 Å². The second kappa shape index (κ2) is 4.03. The molecule has 0 aliphatic rings. The number of ketones is 1. The Morgan fingerprint density at radius 2 is 1.87 bits per heavy atom. The molecular formula is C12H10BrNO. The van der Waals surface area contributed by atoms with Gasteiger partial charge in [0, 0.05) is 28.0 Å². The summed E-state index contributed by atoms with van der Waals surface area (Å²) in [5.41, 5.74) is 2.42. The van der Waals surface area contributed by atoms with E-state index in [0.29, 0.717) is 5.56 Å². The van der Waals surface area contributed by atoms with Gasteiger partial charge in [-0.05, 0) is 36.8 Å². The normalized spacial score (nSPS) is 10.3. The molecule has 0 unspecified atom stereocenters. The molecule has 0 aliphatic carbocycles. The largest absolute Gasteiger partial charge is 0.367 e. The Balaban J connectivity index is 2.37. The lowest BCUT2D eigenvalue weighted by Gasteiger charge is -1.99. The average molecular weight is 264 g/mol. The molecule has 1 aromatic carbocycles. The summed E-state index contributed by atoms with van der Waals surface area (Å²) in [7, 11) is 0. The van der Waals surface area contributed by atoms with Gasteiger partial charge in [-0.25, -0.2) is 0 Å². The number of hydrogen-bond acceptors (Lipinski definition) is 1. The maximum atomic E-state index is 12.0. The SMILES string of the molecule is Cc1c[nH]cc1C(=O)c1ccc(Br)cc1. The van der Waals surface area contributed by atoms with Crippen LogP contribution in [0.5, 0.6) is 0 Å². The highest BCUT2D eigenvalue weighted by atomic mass is 79.9. The van der Waals surface area contributed by atoms with Crippen molar-refractivity contribution in [1.82, 2.24) is 4.98 Å². The number of nitrogens with one attached hydrogen (secondary N) is 1. The molecule has 2 aromatic rings. The van der Waals surface area contributed by atoms with E-state index >= 15 is 0 Å². The van der Waals surface area contributed by atoms with E-state index in [2.05, 4.69) is 20.9 Å². The first-order valence-corrected chi connectivity index (χ1v) is 5.41. The van der Waals surface area contributed by atoms with Gasteiger partial charge >= 0.3 is 0 Å². The van der Waals surface area contributed by atoms with Crippen molar-refractivity contribution in [1.29, 1.82) is 0 Å². The molecule has 0 radical (unpaired) electrons. The van der Waals surface area contributed by atoms with Crippen molar-refractivity contribution in [3.8, 4) is 0 Å². The zero-order chi connectivity index (χ0) is 10.8. The number of halogens is 1. The molecule has 76 valence electrons. The molecule has 2 nitrogen and oxygen atoms in total. The fourth-order valence-corrected chi connectivity index (χ4v) is 1.71. The minimum atomic E-state index is 0.0567. The van der Waals surface area contributed by atoms with Crippen LogP contribution in [0.4, 0.5) is 0 Å². The number of rotatable bonds is 2. The van der Waals surface area contributed by atoms with Gasteiger partial charge in [-0.15, -0.1) is 0 Å². The van der Waals surface area contributed by atoms with Crippen LogP contribution < -0.4 is 0 Å². The topological polar surface area (TPSA) is 32.9 Å². The number of aromatic amines is 1. The quantitative estimate of drug-likeness (QED) is 0.829. The molecular weight excluding hydrogens is 254 g/mol. The fraction of sp³-hybridized carbons (Fsp3) is 0.0833. The predicted molar refractivity (Wildman–Crippen MR) is 63.1 cm³/mol. The van der Waals surface area contributed by atoms with Gasteiger partial charge < -0.3 is 4.98 Å². The first-order valence-electron chi connectivity index (χ1n) is 4.62. The van der Waals surface area contributed by atoms with Gasteiger partial charge in [-0.2, -0.15) is 0 Å². The van der Waals surface area contributed by atoms with Crippen LogP contribution in [-0.4, -0.2) is 10.8 Å². The summed E-state index contributed by atoms with van der Waals surface area (Å²) < 4.78 is 0.977. The molecule has 0 bridgehead atoms. The van der Waals surface area contributed by atoms with Crippen LogP contribution in [0.1, 0.15) is 21.5 Å². The average Bonchev–Trinajstić information content (AvgIpc) is 2.65. The summed E-state index contributed by atoms with van der Waals surface area (Å²) >= 11 is 3.34. The van der Waals surface area contributed by atoms with Crippen molar-refractivity contribution in [3.05, 3.63) is 57.8 Å². The summed E-state index contributed by atoms with van der Waals surface area (Å²) in [6.07, 6.45) is 3.56. The van der Waals surface area contributed by atoms with E-state index in [4.69, 9.17) is 0 Å². The van der Waals surface area contributed by atoms with Crippen LogP contribution in [0.15, 0.2) is 41.1 Å². The maximum absolute atomic E-state index is 12.0. The Hall–Kier alpha value is -1.35. The van der Waals surface area contributed by atoms with E-state index in [1.54, 1.807) is 6.20 Å². The maximum Gasteiger partial charge on any atom is 0.194 e. The van der Waals surface area contributed by atoms with E-state index in [-0.39, 0.29) is 5.78 Å². The van der Waals surface area contributed by atoms with Crippen LogP contribution in [0.2, 0.25) is 0 Å². The van der Waals surface area contributed by atoms with Gasteiger partial charge in [0.1, 0.15) is 0 Å². The molecule has 0 spiro atoms. The third kappa shape index (κ3) is 2.02. The fourth-order valence-electron chi connectivity index (χ4n) is 1.44. The number of carbonyl (C=O) groups is 1. The molecule has 3 heteroatoms. The highest BCUT2D eigenvalue weighted by Crippen LogP contribution is 2.16. The molecule has 0 aliphatic heterocycles. The zero-order valence-corrected chi connectivity index (χ0v) is 9.84. The summed E-state index contributed by atoms with van der Waals surface area (Å²) in [5, 5.41) is 0. The number of carbonyl (C=O) groups excluding carboxylic acids is 1. The summed E-state index contributed by atoms with van der Waals surface area (Å²) in [4.78, 5) is 14.9. The van der Waals surface area contributed by atoms with Crippen LogP contribution in [0.25, 0.3) is 0 Å². The Morgan fingerprint density at radius 1 is 1.20 bits per heavy atom. The minimum absolute atomic E-state index is 0.0567. The molecule has 0 saturated carbocycles. The van der Waals surface area contributed by atoms with Gasteiger partial charge in [0.25, 0.3) is 0 Å². The molecule has 1 aromatic heterocycles. The van der Waals surface area contributed by atoms with Crippen molar-refractivity contribution in [2.45, 2.75) is 6.92 Å². The Kier molecular flexibility index (Phi) is 2.73. The molecule has 1 heterocycles. The van der Waals surface area contributed by atoms with Crippen LogP contribution >= 0.6 is 15.9 Å². The van der Waals surface area contributed by atoms with Crippen molar-refractivity contribution >= 4 is 21.7 Å². The standard InChI is InChI=1S/C12H10BrNO/c1-8-6-14-7-11(8)12(15)9-2-4-10(13)5-3-9/h2-7,14H,1H3. The molecule has 15 heavy (non-hydrogen) atoms. The Morgan fingerprint density at radius 3 is 2.40 bits per heavy atom. The van der Waals surface area contributed by atoms with Gasteiger partial charge in [0.2, 0.25) is 0 Å². The van der Waals surface area contributed by atoms with Crippen LogP contribution in [0.3, 0.4) is 0 Å². The van der Waals surface area contributed by atoms with Crippen molar-refractivity contribution in [3.63, 3.8) is 0 Å². The van der Waals surface area contributed by atoms with Crippen molar-refractivity contribution < 1.29 is 4.79 Å². The van der Waals surface area contributed by atoms with E-state index in [9.17, 15) is 4.79 Å². The first kappa shape index (κ1) is 10.2. The van der Waals surface area contributed by atoms with Gasteiger partial charge in [0.05, 0.1) is 0 Å². The Labute approximate surface area is 96.5 Å². The van der Waals surface area contributed by atoms with Gasteiger partial charge in [0.15, 0.2) is 5.78 Å². The summed E-state index contributed by atoms with van der Waals surface area (Å²) in [6, 6.07) is 7.38. The second-order valence-electron chi connectivity index (χ2n) is 3.39. The van der Waals surface area contributed by atoms with Crippen LogP contribution in [0, 0.1) is 6.92 Å². The Bertz CT molecular complexity index is 485. The number of H-pyrrole nitrogens is 1. The summed E-state index contributed by atoms with van der Waals surface area (Å²) in [5.74, 6) is 0.0567. The van der Waals surface area contributed by atoms with Gasteiger partial charge in [-0.1, -0.05) is 15.9 Å². The third-order valence-corrected chi connectivity index (χ3v) is 2.83. The molecule has 0 saturated heterocycles. The number of hydrogen-bond donors (Lipinski definition) is 1. The lowest BCUT2D eigenvalue weighted by atomic mass is 10.0. The van der Waals surface area contributed by atoms with Crippen molar-refractivity contribution in [2.75, 3.05) is 0 Å². The molecule has 1 N–H and O–H groups in total. The van der Waals surface area contributed by atoms with Crippen molar-refractivity contribution in [2.24, 2.45) is 0 Å². The van der Waals surface area contributed by atoms with E-state index < -0.39 is 0 Å². The third-order valence-electron chi connectivity index (χ3n) is 2.30. The molecule has 2 rings (SSSR count). The van der Waals surface area contributed by atoms with E-state index in [0.717, 1.165) is 15.6 Å². The van der Waals surface area contributed by atoms with Crippen LogP contribution in [-0.2, 0) is 0 Å². The molecule has 0 amide bonds. The molecule has 0 atom stereocenters. The number of aryl methyl sites for hydroxylation is 1. The first-order chi connectivity index (χ1) is 7.18. The minimum Gasteiger partial charge on any atom is -0.367 e. The molecule has 0 fully saturated rings. The van der Waals surface area contributed by atoms with Gasteiger partial charge in [-0.3, -0.25) is 4.79 Å². The summed E-state index contributed by atoms with van der Waals surface area (Å²) in [6.45, 7) is 1.92. The zero-order valence-electron chi connectivity index (χ0n) is 8.25. The highest BCUT2D eigenvalue weighted by Gasteiger charge is 2.11. The monoisotopic (exact) mass is 263 g/mol. The number of aromatic nitrogens is 1.